The molecule has 3 heteroatoms. The Labute approximate surface area is 84.0 Å². The van der Waals surface area contributed by atoms with Gasteiger partial charge in [-0.15, -0.1) is 0 Å². The van der Waals surface area contributed by atoms with Gasteiger partial charge >= 0.3 is 0 Å². The van der Waals surface area contributed by atoms with Crippen LogP contribution in [0.2, 0.25) is 0 Å². The van der Waals surface area contributed by atoms with Crippen molar-refractivity contribution >= 4 is 0 Å². The number of benzene rings is 1. The number of aromatic hydroxyl groups is 1. The molecular weight excluding hydrogens is 180 g/mol. The molecule has 2 N–H and O–H groups in total. The highest BCUT2D eigenvalue weighted by atomic mass is 16.5. The third-order valence-corrected chi connectivity index (χ3v) is 2.17. The first-order valence-corrected chi connectivity index (χ1v) is 4.46. The summed E-state index contributed by atoms with van der Waals surface area (Å²) >= 11 is 0. The summed E-state index contributed by atoms with van der Waals surface area (Å²) in [6, 6.07) is 3.25. The molecule has 0 aliphatic heterocycles. The molecule has 0 aliphatic rings. The first-order chi connectivity index (χ1) is 6.36. The fraction of sp³-hybridized carbons (Fsp3) is 0.455. The van der Waals surface area contributed by atoms with Crippen molar-refractivity contribution in [3.63, 3.8) is 0 Å². The van der Waals surface area contributed by atoms with E-state index in [0.29, 0.717) is 11.3 Å². The number of phenols is 1. The molecule has 0 aromatic heterocycles. The summed E-state index contributed by atoms with van der Waals surface area (Å²) in [5.41, 5.74) is 0.361. The second kappa shape index (κ2) is 3.50. The van der Waals surface area contributed by atoms with E-state index in [1.165, 1.54) is 6.07 Å². The summed E-state index contributed by atoms with van der Waals surface area (Å²) in [6.45, 7) is 5.13. The minimum Gasteiger partial charge on any atom is -0.507 e. The van der Waals surface area contributed by atoms with Crippen LogP contribution in [0.3, 0.4) is 0 Å². The molecular formula is C11H16O3. The number of ether oxygens (including phenoxy) is 1. The van der Waals surface area contributed by atoms with E-state index in [-0.39, 0.29) is 5.75 Å². The molecule has 1 rings (SSSR count). The zero-order chi connectivity index (χ0) is 10.9. The Hall–Kier alpha value is -1.22. The van der Waals surface area contributed by atoms with Crippen LogP contribution in [0.5, 0.6) is 11.5 Å². The fourth-order valence-electron chi connectivity index (χ4n) is 1.39. The maximum atomic E-state index is 9.76. The molecule has 0 heterocycles. The minimum atomic E-state index is -1.04. The summed E-state index contributed by atoms with van der Waals surface area (Å²) in [4.78, 5) is 0. The molecule has 0 bridgehead atoms. The Morgan fingerprint density at radius 2 is 1.86 bits per heavy atom. The second-order valence-electron chi connectivity index (χ2n) is 3.90. The quantitative estimate of drug-likeness (QED) is 0.760. The van der Waals surface area contributed by atoms with E-state index in [1.807, 2.05) is 6.92 Å². The van der Waals surface area contributed by atoms with Crippen LogP contribution in [0.25, 0.3) is 0 Å². The molecule has 0 radical (unpaired) electrons. The smallest absolute Gasteiger partial charge is 0.125 e. The highest BCUT2D eigenvalue weighted by Crippen LogP contribution is 2.34. The monoisotopic (exact) mass is 196 g/mol. The zero-order valence-electron chi connectivity index (χ0n) is 8.96. The Morgan fingerprint density at radius 1 is 1.29 bits per heavy atom. The van der Waals surface area contributed by atoms with Crippen molar-refractivity contribution in [1.29, 1.82) is 0 Å². The molecule has 0 aliphatic carbocycles. The predicted octanol–water partition coefficient (Wildman–Crippen LogP) is 1.94. The van der Waals surface area contributed by atoms with Crippen molar-refractivity contribution in [2.24, 2.45) is 0 Å². The summed E-state index contributed by atoms with van der Waals surface area (Å²) < 4.78 is 5.05. The predicted molar refractivity (Wildman–Crippen MR) is 54.6 cm³/mol. The van der Waals surface area contributed by atoms with Gasteiger partial charge in [0.05, 0.1) is 12.7 Å². The van der Waals surface area contributed by atoms with Gasteiger partial charge in [0, 0.05) is 11.6 Å². The number of methoxy groups -OCH3 is 1. The van der Waals surface area contributed by atoms with Crippen molar-refractivity contribution in [2.75, 3.05) is 7.11 Å². The summed E-state index contributed by atoms with van der Waals surface area (Å²) in [7, 11) is 1.55. The van der Waals surface area contributed by atoms with E-state index >= 15 is 0 Å². The third-order valence-electron chi connectivity index (χ3n) is 2.17. The molecule has 0 saturated carbocycles. The lowest BCUT2D eigenvalue weighted by atomic mass is 9.95. The molecule has 14 heavy (non-hydrogen) atoms. The maximum Gasteiger partial charge on any atom is 0.125 e. The number of aliphatic hydroxyl groups is 1. The van der Waals surface area contributed by atoms with E-state index in [2.05, 4.69) is 0 Å². The molecule has 0 unspecified atom stereocenters. The van der Waals surface area contributed by atoms with Gasteiger partial charge in [-0.25, -0.2) is 0 Å². The van der Waals surface area contributed by atoms with Gasteiger partial charge in [-0.05, 0) is 32.4 Å². The van der Waals surface area contributed by atoms with Crippen LogP contribution in [-0.4, -0.2) is 17.3 Å². The van der Waals surface area contributed by atoms with Crippen LogP contribution in [0, 0.1) is 6.92 Å². The summed E-state index contributed by atoms with van der Waals surface area (Å²) in [5.74, 6) is 0.676. The molecule has 0 fully saturated rings. The van der Waals surface area contributed by atoms with Crippen molar-refractivity contribution < 1.29 is 14.9 Å². The number of aryl methyl sites for hydroxylation is 1. The first kappa shape index (κ1) is 10.9. The molecule has 3 nitrogen and oxygen atoms in total. The largest absolute Gasteiger partial charge is 0.507 e. The lowest BCUT2D eigenvalue weighted by Crippen LogP contribution is -2.15. The number of rotatable bonds is 2. The fourth-order valence-corrected chi connectivity index (χ4v) is 1.39. The zero-order valence-corrected chi connectivity index (χ0v) is 8.96. The molecule has 0 amide bonds. The van der Waals surface area contributed by atoms with Gasteiger partial charge in [0.1, 0.15) is 11.5 Å². The third kappa shape index (κ3) is 1.99. The standard InChI is InChI=1S/C11H16O3/c1-7-5-8(11(2,3)13)9(12)6-10(7)14-4/h5-6,12-13H,1-4H3. The molecule has 78 valence electrons. The van der Waals surface area contributed by atoms with E-state index in [1.54, 1.807) is 27.0 Å². The highest BCUT2D eigenvalue weighted by molar-refractivity contribution is 5.47. The average molecular weight is 196 g/mol. The number of hydrogen-bond donors (Lipinski definition) is 2. The van der Waals surface area contributed by atoms with Crippen LogP contribution in [0.4, 0.5) is 0 Å². The number of hydrogen-bond acceptors (Lipinski definition) is 3. The molecule has 1 aromatic rings. The summed E-state index contributed by atoms with van der Waals surface area (Å²) in [6.07, 6.45) is 0. The summed E-state index contributed by atoms with van der Waals surface area (Å²) in [5, 5.41) is 19.4. The Morgan fingerprint density at radius 3 is 2.29 bits per heavy atom. The average Bonchev–Trinajstić information content (AvgIpc) is 2.06. The van der Waals surface area contributed by atoms with Gasteiger partial charge in [0.15, 0.2) is 0 Å². The van der Waals surface area contributed by atoms with Crippen LogP contribution in [0.15, 0.2) is 12.1 Å². The van der Waals surface area contributed by atoms with Gasteiger partial charge in [-0.1, -0.05) is 0 Å². The van der Waals surface area contributed by atoms with Crippen molar-refractivity contribution in [3.8, 4) is 11.5 Å². The second-order valence-corrected chi connectivity index (χ2v) is 3.90. The molecule has 1 aromatic carbocycles. The Balaban J connectivity index is 3.29. The van der Waals surface area contributed by atoms with E-state index < -0.39 is 5.60 Å². The van der Waals surface area contributed by atoms with Gasteiger partial charge < -0.3 is 14.9 Å². The van der Waals surface area contributed by atoms with E-state index in [4.69, 9.17) is 4.74 Å². The molecule has 0 spiro atoms. The minimum absolute atomic E-state index is 0.0555. The lowest BCUT2D eigenvalue weighted by molar-refractivity contribution is 0.0757. The SMILES string of the molecule is COc1cc(O)c(C(C)(C)O)cc1C. The van der Waals surface area contributed by atoms with Gasteiger partial charge in [0.25, 0.3) is 0 Å². The van der Waals surface area contributed by atoms with Gasteiger partial charge in [-0.2, -0.15) is 0 Å². The Bertz CT molecular complexity index is 337. The number of phenolic OH excluding ortho intramolecular Hbond substituents is 1. The molecule has 0 atom stereocenters. The van der Waals surface area contributed by atoms with E-state index in [9.17, 15) is 10.2 Å². The van der Waals surface area contributed by atoms with Crippen LogP contribution in [-0.2, 0) is 5.60 Å². The molecule has 0 saturated heterocycles. The highest BCUT2D eigenvalue weighted by Gasteiger charge is 2.21. The van der Waals surface area contributed by atoms with Crippen LogP contribution in [0.1, 0.15) is 25.0 Å². The van der Waals surface area contributed by atoms with Crippen molar-refractivity contribution in [3.05, 3.63) is 23.3 Å². The topological polar surface area (TPSA) is 49.7 Å². The van der Waals surface area contributed by atoms with Crippen LogP contribution >= 0.6 is 0 Å². The lowest BCUT2D eigenvalue weighted by Gasteiger charge is -2.20. The maximum absolute atomic E-state index is 9.76. The van der Waals surface area contributed by atoms with Crippen molar-refractivity contribution in [2.45, 2.75) is 26.4 Å². The van der Waals surface area contributed by atoms with Crippen molar-refractivity contribution in [1.82, 2.24) is 0 Å². The van der Waals surface area contributed by atoms with Crippen LogP contribution < -0.4 is 4.74 Å². The first-order valence-electron chi connectivity index (χ1n) is 4.46. The van der Waals surface area contributed by atoms with E-state index in [0.717, 1.165) is 5.56 Å². The Kier molecular flexibility index (Phi) is 2.71. The van der Waals surface area contributed by atoms with Gasteiger partial charge in [0.2, 0.25) is 0 Å². The normalized spacial score (nSPS) is 11.5. The van der Waals surface area contributed by atoms with Gasteiger partial charge in [-0.3, -0.25) is 0 Å².